The van der Waals surface area contributed by atoms with E-state index in [9.17, 15) is 0 Å². The highest BCUT2D eigenvalue weighted by atomic mass is 35.5. The summed E-state index contributed by atoms with van der Waals surface area (Å²) in [6.45, 7) is 2.61. The second-order valence-corrected chi connectivity index (χ2v) is 3.87. The lowest BCUT2D eigenvalue weighted by Gasteiger charge is -2.05. The molecule has 0 fully saturated rings. The molecular weight excluding hydrogens is 246 g/mol. The Morgan fingerprint density at radius 2 is 2.06 bits per heavy atom. The Morgan fingerprint density at radius 3 is 2.62 bits per heavy atom. The number of rotatable bonds is 4. The van der Waals surface area contributed by atoms with Gasteiger partial charge in [0.1, 0.15) is 5.75 Å². The first-order valence-electron chi connectivity index (χ1n) is 4.77. The lowest BCUT2D eigenvalue weighted by Crippen LogP contribution is -1.93. The van der Waals surface area contributed by atoms with Crippen LogP contribution in [0.25, 0.3) is 0 Å². The van der Waals surface area contributed by atoms with Crippen molar-refractivity contribution in [1.82, 2.24) is 8.75 Å². The van der Waals surface area contributed by atoms with E-state index in [1.807, 2.05) is 31.2 Å². The Kier molecular flexibility index (Phi) is 3.58. The molecule has 16 heavy (non-hydrogen) atoms. The minimum atomic E-state index is 0.388. The molecule has 0 saturated carbocycles. The van der Waals surface area contributed by atoms with Gasteiger partial charge in [-0.1, -0.05) is 11.6 Å². The van der Waals surface area contributed by atoms with Crippen LogP contribution in [0, 0.1) is 0 Å². The topological polar surface area (TPSA) is 47.0 Å². The Hall–Kier alpha value is -1.33. The van der Waals surface area contributed by atoms with Crippen molar-refractivity contribution in [2.45, 2.75) is 6.92 Å². The minimum absolute atomic E-state index is 0.388. The van der Waals surface area contributed by atoms with Crippen LogP contribution >= 0.6 is 23.3 Å². The van der Waals surface area contributed by atoms with Crippen molar-refractivity contribution in [1.29, 1.82) is 0 Å². The predicted octanol–water partition coefficient (Wildman–Crippen LogP) is 3.33. The molecular formula is C10H10ClN3OS. The number of nitrogens with zero attached hydrogens (tertiary/aromatic N) is 2. The first kappa shape index (κ1) is 11.2. The number of anilines is 2. The number of halogens is 1. The Bertz CT molecular complexity index is 457. The van der Waals surface area contributed by atoms with E-state index in [0.29, 0.717) is 17.6 Å². The minimum Gasteiger partial charge on any atom is -0.494 e. The summed E-state index contributed by atoms with van der Waals surface area (Å²) < 4.78 is 13.2. The number of aromatic nitrogens is 2. The fourth-order valence-electron chi connectivity index (χ4n) is 1.19. The molecule has 2 rings (SSSR count). The number of hydrogen-bond donors (Lipinski definition) is 1. The van der Waals surface area contributed by atoms with E-state index >= 15 is 0 Å². The van der Waals surface area contributed by atoms with Crippen molar-refractivity contribution < 1.29 is 4.74 Å². The van der Waals surface area contributed by atoms with E-state index in [1.165, 1.54) is 0 Å². The van der Waals surface area contributed by atoms with Crippen LogP contribution in [0.15, 0.2) is 24.3 Å². The summed E-state index contributed by atoms with van der Waals surface area (Å²) in [6.07, 6.45) is 0. The molecule has 0 aliphatic carbocycles. The van der Waals surface area contributed by atoms with Crippen molar-refractivity contribution in [3.05, 3.63) is 29.4 Å². The third-order valence-electron chi connectivity index (χ3n) is 1.88. The monoisotopic (exact) mass is 255 g/mol. The van der Waals surface area contributed by atoms with Gasteiger partial charge >= 0.3 is 0 Å². The molecule has 1 N–H and O–H groups in total. The molecule has 6 heteroatoms. The number of ether oxygens (including phenoxy) is 1. The zero-order chi connectivity index (χ0) is 11.4. The van der Waals surface area contributed by atoms with Gasteiger partial charge in [-0.3, -0.25) is 0 Å². The van der Waals surface area contributed by atoms with E-state index in [4.69, 9.17) is 16.3 Å². The van der Waals surface area contributed by atoms with Crippen LogP contribution in [-0.4, -0.2) is 15.4 Å². The van der Waals surface area contributed by atoms with Gasteiger partial charge in [0.15, 0.2) is 11.0 Å². The van der Waals surface area contributed by atoms with Crippen LogP contribution in [0.3, 0.4) is 0 Å². The summed E-state index contributed by atoms with van der Waals surface area (Å²) >= 11 is 6.90. The summed E-state index contributed by atoms with van der Waals surface area (Å²) in [5.74, 6) is 1.42. The molecule has 0 spiro atoms. The zero-order valence-electron chi connectivity index (χ0n) is 8.61. The van der Waals surface area contributed by atoms with Gasteiger partial charge in [-0.2, -0.15) is 8.75 Å². The van der Waals surface area contributed by atoms with Crippen molar-refractivity contribution >= 4 is 34.8 Å². The van der Waals surface area contributed by atoms with Gasteiger partial charge in [0.05, 0.1) is 18.3 Å². The van der Waals surface area contributed by atoms with Crippen molar-refractivity contribution in [2.24, 2.45) is 0 Å². The molecule has 4 nitrogen and oxygen atoms in total. The largest absolute Gasteiger partial charge is 0.494 e. The van der Waals surface area contributed by atoms with E-state index in [2.05, 4.69) is 14.1 Å². The van der Waals surface area contributed by atoms with Gasteiger partial charge in [-0.25, -0.2) is 0 Å². The maximum Gasteiger partial charge on any atom is 0.187 e. The molecule has 1 aromatic carbocycles. The lowest BCUT2D eigenvalue weighted by molar-refractivity contribution is 0.340. The van der Waals surface area contributed by atoms with Crippen LogP contribution in [-0.2, 0) is 0 Å². The first-order chi connectivity index (χ1) is 7.79. The molecule has 0 unspecified atom stereocenters. The highest BCUT2D eigenvalue weighted by Gasteiger charge is 2.04. The average molecular weight is 256 g/mol. The predicted molar refractivity (Wildman–Crippen MR) is 65.8 cm³/mol. The van der Waals surface area contributed by atoms with Gasteiger partial charge in [0.2, 0.25) is 0 Å². The third kappa shape index (κ3) is 2.62. The third-order valence-corrected chi connectivity index (χ3v) is 2.77. The van der Waals surface area contributed by atoms with Gasteiger partial charge in [-0.15, -0.1) is 0 Å². The molecule has 0 atom stereocenters. The van der Waals surface area contributed by atoms with Gasteiger partial charge < -0.3 is 10.1 Å². The first-order valence-corrected chi connectivity index (χ1v) is 5.88. The maximum atomic E-state index is 5.82. The summed E-state index contributed by atoms with van der Waals surface area (Å²) in [5, 5.41) is 3.46. The van der Waals surface area contributed by atoms with Crippen LogP contribution in [0.1, 0.15) is 6.92 Å². The smallest absolute Gasteiger partial charge is 0.187 e. The fraction of sp³-hybridized carbons (Fsp3) is 0.200. The summed E-state index contributed by atoms with van der Waals surface area (Å²) in [7, 11) is 0. The Morgan fingerprint density at radius 1 is 1.31 bits per heavy atom. The number of nitrogens with one attached hydrogen (secondary N) is 1. The van der Waals surface area contributed by atoms with E-state index < -0.39 is 0 Å². The molecule has 1 heterocycles. The molecule has 0 radical (unpaired) electrons. The van der Waals surface area contributed by atoms with E-state index in [0.717, 1.165) is 23.2 Å². The van der Waals surface area contributed by atoms with Crippen LogP contribution in [0.4, 0.5) is 11.5 Å². The fourth-order valence-corrected chi connectivity index (χ4v) is 1.84. The maximum absolute atomic E-state index is 5.82. The second-order valence-electron chi connectivity index (χ2n) is 2.99. The second kappa shape index (κ2) is 5.14. The van der Waals surface area contributed by atoms with Crippen molar-refractivity contribution in [2.75, 3.05) is 11.9 Å². The zero-order valence-corrected chi connectivity index (χ0v) is 10.2. The standard InChI is InChI=1S/C10H10ClN3OS/c1-2-15-8-5-3-7(4-6-8)12-10-9(11)13-16-14-10/h3-6H,2H2,1H3,(H,12,14). The molecule has 0 saturated heterocycles. The molecule has 0 amide bonds. The van der Waals surface area contributed by atoms with Crippen molar-refractivity contribution in [3.8, 4) is 5.75 Å². The lowest BCUT2D eigenvalue weighted by atomic mass is 10.3. The van der Waals surface area contributed by atoms with Gasteiger partial charge in [0.25, 0.3) is 0 Å². The van der Waals surface area contributed by atoms with Gasteiger partial charge in [0, 0.05) is 5.69 Å². The Balaban J connectivity index is 2.08. The Labute approximate surface area is 103 Å². The summed E-state index contributed by atoms with van der Waals surface area (Å²) in [5.41, 5.74) is 0.901. The molecule has 84 valence electrons. The molecule has 0 aliphatic rings. The molecule has 1 aromatic heterocycles. The van der Waals surface area contributed by atoms with E-state index in [1.54, 1.807) is 0 Å². The number of hydrogen-bond acceptors (Lipinski definition) is 5. The molecule has 0 aliphatic heterocycles. The highest BCUT2D eigenvalue weighted by molar-refractivity contribution is 6.99. The summed E-state index contributed by atoms with van der Waals surface area (Å²) in [6, 6.07) is 7.58. The van der Waals surface area contributed by atoms with Gasteiger partial charge in [-0.05, 0) is 31.2 Å². The van der Waals surface area contributed by atoms with Crippen LogP contribution < -0.4 is 10.1 Å². The van der Waals surface area contributed by atoms with Crippen LogP contribution in [0.2, 0.25) is 5.15 Å². The SMILES string of the molecule is CCOc1ccc(Nc2nsnc2Cl)cc1. The van der Waals surface area contributed by atoms with Crippen molar-refractivity contribution in [3.63, 3.8) is 0 Å². The number of benzene rings is 1. The normalized spacial score (nSPS) is 10.1. The molecule has 2 aromatic rings. The average Bonchev–Trinajstić information content (AvgIpc) is 2.68. The van der Waals surface area contributed by atoms with E-state index in [-0.39, 0.29) is 0 Å². The summed E-state index contributed by atoms with van der Waals surface area (Å²) in [4.78, 5) is 0. The quantitative estimate of drug-likeness (QED) is 0.910. The molecule has 0 bridgehead atoms. The van der Waals surface area contributed by atoms with Crippen LogP contribution in [0.5, 0.6) is 5.75 Å². The highest BCUT2D eigenvalue weighted by Crippen LogP contribution is 2.24.